The topological polar surface area (TPSA) is 52.7 Å². The number of benzene rings is 2. The number of hydrogen-bond acceptors (Lipinski definition) is 5. The molecule has 5 heteroatoms. The van der Waals surface area contributed by atoms with Gasteiger partial charge in [0.15, 0.2) is 0 Å². The lowest BCUT2D eigenvalue weighted by atomic mass is 10.2. The fraction of sp³-hybridized carbons (Fsp3) is 0.500. The molecule has 2 aromatic carbocycles. The van der Waals surface area contributed by atoms with Crippen LogP contribution >= 0.6 is 0 Å². The number of nitrogens with zero attached hydrogens (tertiary/aromatic N) is 5. The molecule has 0 bridgehead atoms. The molecule has 0 heterocycles. The van der Waals surface area contributed by atoms with Crippen LogP contribution in [0.25, 0.3) is 0 Å². The van der Waals surface area contributed by atoms with Crippen molar-refractivity contribution in [3.05, 3.63) is 48.5 Å². The second kappa shape index (κ2) is 13.6. The normalized spacial score (nSPS) is 11.6. The summed E-state index contributed by atoms with van der Waals surface area (Å²) in [6.07, 6.45) is 8.62. The first-order valence-corrected chi connectivity index (χ1v) is 10.9. The number of anilines is 1. The van der Waals surface area contributed by atoms with Crippen LogP contribution in [0.3, 0.4) is 0 Å². The van der Waals surface area contributed by atoms with Gasteiger partial charge >= 0.3 is 0 Å². The minimum absolute atomic E-state index is 0.791. The van der Waals surface area contributed by atoms with Crippen LogP contribution in [0.15, 0.2) is 69.0 Å². The van der Waals surface area contributed by atoms with Gasteiger partial charge in [-0.15, -0.1) is 0 Å². The molecule has 0 aliphatic rings. The van der Waals surface area contributed by atoms with Crippen LogP contribution in [0.4, 0.5) is 22.7 Å². The molecule has 29 heavy (non-hydrogen) atoms. The zero-order valence-corrected chi connectivity index (χ0v) is 18.2. The van der Waals surface area contributed by atoms with Gasteiger partial charge in [0.05, 0.1) is 23.6 Å². The van der Waals surface area contributed by atoms with Crippen LogP contribution in [0.5, 0.6) is 0 Å². The average Bonchev–Trinajstić information content (AvgIpc) is 2.76. The highest BCUT2D eigenvalue weighted by Crippen LogP contribution is 2.24. The molecular formula is C24H35N5. The Hall–Kier alpha value is -2.56. The highest BCUT2D eigenvalue weighted by molar-refractivity contribution is 5.52. The van der Waals surface area contributed by atoms with Crippen molar-refractivity contribution in [1.29, 1.82) is 0 Å². The first kappa shape index (κ1) is 22.7. The Kier molecular flexibility index (Phi) is 10.6. The van der Waals surface area contributed by atoms with E-state index in [2.05, 4.69) is 58.4 Å². The van der Waals surface area contributed by atoms with Crippen molar-refractivity contribution in [1.82, 2.24) is 0 Å². The van der Waals surface area contributed by atoms with Crippen LogP contribution < -0.4 is 4.90 Å². The number of rotatable bonds is 13. The monoisotopic (exact) mass is 393 g/mol. The average molecular weight is 394 g/mol. The molecule has 0 aromatic heterocycles. The summed E-state index contributed by atoms with van der Waals surface area (Å²) in [4.78, 5) is 2.30. The molecule has 0 saturated carbocycles. The molecule has 0 saturated heterocycles. The zero-order chi connectivity index (χ0) is 20.7. The molecule has 0 radical (unpaired) electrons. The summed E-state index contributed by atoms with van der Waals surface area (Å²) < 4.78 is 0. The fourth-order valence-corrected chi connectivity index (χ4v) is 2.94. The van der Waals surface area contributed by atoms with Gasteiger partial charge in [0.25, 0.3) is 0 Å². The summed E-state index contributed by atoms with van der Waals surface area (Å²) in [5.74, 6) is 0. The molecule has 0 amide bonds. The maximum Gasteiger partial charge on any atom is 0.0858 e. The molecular weight excluding hydrogens is 358 g/mol. The van der Waals surface area contributed by atoms with Crippen molar-refractivity contribution >= 4 is 22.7 Å². The Labute approximate surface area is 176 Å². The van der Waals surface area contributed by atoms with Gasteiger partial charge in [0, 0.05) is 19.3 Å². The second-order valence-electron chi connectivity index (χ2n) is 7.39. The van der Waals surface area contributed by atoms with Crippen LogP contribution in [-0.2, 0) is 0 Å². The predicted octanol–water partition coefficient (Wildman–Crippen LogP) is 8.39. The molecule has 2 rings (SSSR count). The summed E-state index contributed by atoms with van der Waals surface area (Å²) in [5, 5.41) is 17.1. The van der Waals surface area contributed by atoms with Gasteiger partial charge in [0.1, 0.15) is 0 Å². The van der Waals surface area contributed by atoms with E-state index in [1.54, 1.807) is 0 Å². The maximum absolute atomic E-state index is 4.34. The van der Waals surface area contributed by atoms with Crippen LogP contribution in [0.2, 0.25) is 0 Å². The summed E-state index contributed by atoms with van der Waals surface area (Å²) in [5.41, 5.74) is 3.74. The molecule has 0 fully saturated rings. The maximum atomic E-state index is 4.34. The summed E-state index contributed by atoms with van der Waals surface area (Å²) in [6, 6.07) is 15.9. The summed E-state index contributed by atoms with van der Waals surface area (Å²) >= 11 is 0. The number of unbranched alkanes of at least 4 members (excludes halogenated alkanes) is 5. The van der Waals surface area contributed by atoms with Crippen molar-refractivity contribution in [2.75, 3.05) is 25.0 Å². The standard InChI is InChI=1S/C24H35N5/c1-4-6-8-10-20-29(3)24-17-15-23(16-18-24)28-27-22-13-11-21(12-14-22)26-25-19-9-7-5-2/h11-18H,4-10,19-20H2,1-3H3. The van der Waals surface area contributed by atoms with E-state index in [-0.39, 0.29) is 0 Å². The van der Waals surface area contributed by atoms with Crippen molar-refractivity contribution < 1.29 is 0 Å². The third-order valence-electron chi connectivity index (χ3n) is 4.82. The van der Waals surface area contributed by atoms with E-state index in [0.717, 1.165) is 36.6 Å². The Morgan fingerprint density at radius 2 is 1.14 bits per heavy atom. The summed E-state index contributed by atoms with van der Waals surface area (Å²) in [6.45, 7) is 6.31. The second-order valence-corrected chi connectivity index (χ2v) is 7.39. The Bertz CT molecular complexity index is 735. The predicted molar refractivity (Wildman–Crippen MR) is 123 cm³/mol. The van der Waals surface area contributed by atoms with Crippen LogP contribution in [-0.4, -0.2) is 20.1 Å². The molecule has 156 valence electrons. The quantitative estimate of drug-likeness (QED) is 0.249. The molecule has 5 nitrogen and oxygen atoms in total. The fourth-order valence-electron chi connectivity index (χ4n) is 2.94. The van der Waals surface area contributed by atoms with Crippen LogP contribution in [0.1, 0.15) is 58.8 Å². The van der Waals surface area contributed by atoms with Crippen molar-refractivity contribution in [3.63, 3.8) is 0 Å². The SMILES string of the molecule is CCCCCCN(C)c1ccc(N=Nc2ccc(N=NCCCCC)cc2)cc1. The van der Waals surface area contributed by atoms with E-state index in [4.69, 9.17) is 0 Å². The van der Waals surface area contributed by atoms with E-state index < -0.39 is 0 Å². The zero-order valence-electron chi connectivity index (χ0n) is 18.2. The Balaban J connectivity index is 1.83. The summed E-state index contributed by atoms with van der Waals surface area (Å²) in [7, 11) is 2.14. The van der Waals surface area contributed by atoms with Gasteiger partial charge in [-0.25, -0.2) is 0 Å². The van der Waals surface area contributed by atoms with E-state index in [0.29, 0.717) is 0 Å². The third-order valence-corrected chi connectivity index (χ3v) is 4.82. The minimum Gasteiger partial charge on any atom is -0.375 e. The third kappa shape index (κ3) is 8.99. The highest BCUT2D eigenvalue weighted by atomic mass is 15.1. The van der Waals surface area contributed by atoms with Crippen LogP contribution in [0, 0.1) is 0 Å². The molecule has 2 aromatic rings. The minimum atomic E-state index is 0.791. The van der Waals surface area contributed by atoms with Crippen molar-refractivity contribution in [2.45, 2.75) is 58.8 Å². The molecule has 0 N–H and O–H groups in total. The first-order valence-electron chi connectivity index (χ1n) is 10.9. The lowest BCUT2D eigenvalue weighted by molar-refractivity contribution is 0.661. The smallest absolute Gasteiger partial charge is 0.0858 e. The van der Waals surface area contributed by atoms with E-state index in [1.807, 2.05) is 36.4 Å². The van der Waals surface area contributed by atoms with Gasteiger partial charge in [-0.05, 0) is 61.4 Å². The van der Waals surface area contributed by atoms with Gasteiger partial charge < -0.3 is 4.90 Å². The molecule has 0 atom stereocenters. The molecule has 0 aliphatic heterocycles. The van der Waals surface area contributed by atoms with Gasteiger partial charge in [0.2, 0.25) is 0 Å². The van der Waals surface area contributed by atoms with Crippen molar-refractivity contribution in [3.8, 4) is 0 Å². The highest BCUT2D eigenvalue weighted by Gasteiger charge is 2.01. The Morgan fingerprint density at radius 1 is 0.621 bits per heavy atom. The van der Waals surface area contributed by atoms with E-state index in [1.165, 1.54) is 44.2 Å². The van der Waals surface area contributed by atoms with Gasteiger partial charge in [-0.1, -0.05) is 46.0 Å². The Morgan fingerprint density at radius 3 is 1.72 bits per heavy atom. The van der Waals surface area contributed by atoms with E-state index >= 15 is 0 Å². The largest absolute Gasteiger partial charge is 0.375 e. The lowest BCUT2D eigenvalue weighted by Gasteiger charge is -2.19. The molecule has 0 aliphatic carbocycles. The van der Waals surface area contributed by atoms with Gasteiger partial charge in [-0.3, -0.25) is 0 Å². The van der Waals surface area contributed by atoms with E-state index in [9.17, 15) is 0 Å². The molecule has 0 unspecified atom stereocenters. The van der Waals surface area contributed by atoms with Crippen molar-refractivity contribution in [2.24, 2.45) is 20.5 Å². The number of hydrogen-bond donors (Lipinski definition) is 0. The van der Waals surface area contributed by atoms with Gasteiger partial charge in [-0.2, -0.15) is 20.5 Å². The molecule has 0 spiro atoms. The number of azo groups is 2. The lowest BCUT2D eigenvalue weighted by Crippen LogP contribution is -2.18. The first-order chi connectivity index (χ1) is 14.2.